The zero-order chi connectivity index (χ0) is 21.6. The Morgan fingerprint density at radius 2 is 2.00 bits per heavy atom. The molecule has 3 rings (SSSR count). The SMILES string of the molecule is CN=C(NCc1cccc(OCC(=O)NC2CC2)c1)NC1CCN(CC(F)(F)F)C1.I. The van der Waals surface area contributed by atoms with Gasteiger partial charge in [-0.05, 0) is 37.0 Å². The van der Waals surface area contributed by atoms with Crippen LogP contribution in [0.1, 0.15) is 24.8 Å². The number of carbonyl (C=O) groups is 1. The fraction of sp³-hybridized carbons (Fsp3) is 0.600. The molecule has 1 aliphatic carbocycles. The lowest BCUT2D eigenvalue weighted by atomic mass is 10.2. The highest BCUT2D eigenvalue weighted by molar-refractivity contribution is 14.0. The molecule has 0 spiro atoms. The number of halogens is 4. The summed E-state index contributed by atoms with van der Waals surface area (Å²) in [5.41, 5.74) is 0.933. The van der Waals surface area contributed by atoms with Crippen LogP contribution >= 0.6 is 24.0 Å². The predicted octanol–water partition coefficient (Wildman–Crippen LogP) is 2.26. The molecule has 1 unspecified atom stereocenters. The van der Waals surface area contributed by atoms with Gasteiger partial charge in [0.1, 0.15) is 5.75 Å². The molecule has 11 heteroatoms. The number of hydrogen-bond acceptors (Lipinski definition) is 4. The first-order valence-electron chi connectivity index (χ1n) is 10.1. The van der Waals surface area contributed by atoms with Crippen molar-refractivity contribution in [3.8, 4) is 5.75 Å². The molecule has 7 nitrogen and oxygen atoms in total. The number of amides is 1. The number of ether oxygens (including phenoxy) is 1. The van der Waals surface area contributed by atoms with Gasteiger partial charge in [-0.15, -0.1) is 24.0 Å². The van der Waals surface area contributed by atoms with Crippen LogP contribution in [0.2, 0.25) is 0 Å². The molecule has 1 aromatic carbocycles. The van der Waals surface area contributed by atoms with E-state index in [1.165, 1.54) is 4.90 Å². The summed E-state index contributed by atoms with van der Waals surface area (Å²) < 4.78 is 43.1. The van der Waals surface area contributed by atoms with E-state index in [0.29, 0.717) is 43.8 Å². The molecule has 174 valence electrons. The van der Waals surface area contributed by atoms with E-state index in [2.05, 4.69) is 20.9 Å². The summed E-state index contributed by atoms with van der Waals surface area (Å²) in [7, 11) is 1.62. The van der Waals surface area contributed by atoms with Crippen LogP contribution in [0.25, 0.3) is 0 Å². The van der Waals surface area contributed by atoms with Gasteiger partial charge in [0.05, 0.1) is 6.54 Å². The van der Waals surface area contributed by atoms with Crippen LogP contribution in [0, 0.1) is 0 Å². The molecule has 1 amide bonds. The molecule has 1 heterocycles. The minimum atomic E-state index is -4.18. The lowest BCUT2D eigenvalue weighted by Crippen LogP contribution is -2.44. The number of nitrogens with one attached hydrogen (secondary N) is 3. The molecule has 0 bridgehead atoms. The van der Waals surface area contributed by atoms with Crippen LogP contribution in [0.5, 0.6) is 5.75 Å². The molecule has 1 aliphatic heterocycles. The third-order valence-corrected chi connectivity index (χ3v) is 4.91. The summed E-state index contributed by atoms with van der Waals surface area (Å²) in [4.78, 5) is 17.3. The third kappa shape index (κ3) is 9.50. The normalized spacial score (nSPS) is 19.5. The van der Waals surface area contributed by atoms with Crippen LogP contribution in [-0.4, -0.2) is 68.3 Å². The van der Waals surface area contributed by atoms with Gasteiger partial charge < -0.3 is 20.7 Å². The largest absolute Gasteiger partial charge is 0.484 e. The summed E-state index contributed by atoms with van der Waals surface area (Å²) in [5, 5.41) is 9.21. The Labute approximate surface area is 197 Å². The van der Waals surface area contributed by atoms with E-state index in [9.17, 15) is 18.0 Å². The first kappa shape index (κ1) is 25.5. The van der Waals surface area contributed by atoms with Gasteiger partial charge in [-0.25, -0.2) is 0 Å². The van der Waals surface area contributed by atoms with Crippen molar-refractivity contribution >= 4 is 35.8 Å². The number of aliphatic imine (C=N–C) groups is 1. The van der Waals surface area contributed by atoms with Gasteiger partial charge >= 0.3 is 6.18 Å². The summed E-state index contributed by atoms with van der Waals surface area (Å²) in [6.45, 7) is 0.286. The fourth-order valence-corrected chi connectivity index (χ4v) is 3.31. The molecule has 1 saturated heterocycles. The zero-order valence-corrected chi connectivity index (χ0v) is 19.7. The molecule has 31 heavy (non-hydrogen) atoms. The Morgan fingerprint density at radius 3 is 2.68 bits per heavy atom. The van der Waals surface area contributed by atoms with Crippen molar-refractivity contribution in [1.29, 1.82) is 0 Å². The second-order valence-corrected chi connectivity index (χ2v) is 7.68. The zero-order valence-electron chi connectivity index (χ0n) is 17.4. The van der Waals surface area contributed by atoms with E-state index in [1.54, 1.807) is 13.1 Å². The Balaban J connectivity index is 0.00000341. The van der Waals surface area contributed by atoms with Gasteiger partial charge in [-0.3, -0.25) is 14.7 Å². The highest BCUT2D eigenvalue weighted by Gasteiger charge is 2.34. The number of nitrogens with zero attached hydrogens (tertiary/aromatic N) is 2. The molecule has 1 aromatic rings. The van der Waals surface area contributed by atoms with Gasteiger partial charge in [-0.1, -0.05) is 12.1 Å². The minimum absolute atomic E-state index is 0. The lowest BCUT2D eigenvalue weighted by molar-refractivity contribution is -0.143. The number of hydrogen-bond donors (Lipinski definition) is 3. The van der Waals surface area contributed by atoms with E-state index in [4.69, 9.17) is 4.74 Å². The first-order valence-corrected chi connectivity index (χ1v) is 10.1. The monoisotopic (exact) mass is 555 g/mol. The maximum absolute atomic E-state index is 12.5. The van der Waals surface area contributed by atoms with E-state index in [-0.39, 0.29) is 42.5 Å². The number of rotatable bonds is 8. The standard InChI is InChI=1S/C20H28F3N5O2.HI/c1-24-19(27-16-7-8-28(11-16)13-20(21,22)23)25-10-14-3-2-4-17(9-14)30-12-18(29)26-15-5-6-15;/h2-4,9,15-16H,5-8,10-13H2,1H3,(H,26,29)(H2,24,25,27);1H. The topological polar surface area (TPSA) is 78.0 Å². The highest BCUT2D eigenvalue weighted by atomic mass is 127. The molecule has 0 radical (unpaired) electrons. The van der Waals surface area contributed by atoms with Gasteiger partial charge in [0.2, 0.25) is 0 Å². The van der Waals surface area contributed by atoms with Crippen LogP contribution in [0.15, 0.2) is 29.3 Å². The van der Waals surface area contributed by atoms with Crippen molar-refractivity contribution in [3.63, 3.8) is 0 Å². The third-order valence-electron chi connectivity index (χ3n) is 4.91. The molecule has 2 aliphatic rings. The molecule has 0 aromatic heterocycles. The van der Waals surface area contributed by atoms with Crippen LogP contribution in [-0.2, 0) is 11.3 Å². The van der Waals surface area contributed by atoms with Gasteiger partial charge in [0.15, 0.2) is 12.6 Å². The Morgan fingerprint density at radius 1 is 1.23 bits per heavy atom. The Hall–Kier alpha value is -1.76. The van der Waals surface area contributed by atoms with E-state index < -0.39 is 12.7 Å². The van der Waals surface area contributed by atoms with E-state index in [1.807, 2.05) is 18.2 Å². The second-order valence-electron chi connectivity index (χ2n) is 7.68. The van der Waals surface area contributed by atoms with Gasteiger partial charge in [0, 0.05) is 38.8 Å². The van der Waals surface area contributed by atoms with Crippen molar-refractivity contribution in [2.45, 2.75) is 44.1 Å². The molecule has 1 atom stereocenters. The van der Waals surface area contributed by atoms with Crippen molar-refractivity contribution in [2.24, 2.45) is 4.99 Å². The maximum Gasteiger partial charge on any atom is 0.401 e. The predicted molar refractivity (Wildman–Crippen MR) is 123 cm³/mol. The van der Waals surface area contributed by atoms with Gasteiger partial charge in [0.25, 0.3) is 5.91 Å². The number of carbonyl (C=O) groups excluding carboxylic acids is 1. The maximum atomic E-state index is 12.5. The summed E-state index contributed by atoms with van der Waals surface area (Å²) >= 11 is 0. The Kier molecular flexibility index (Phi) is 9.66. The van der Waals surface area contributed by atoms with Crippen molar-refractivity contribution in [1.82, 2.24) is 20.9 Å². The second kappa shape index (κ2) is 11.7. The fourth-order valence-electron chi connectivity index (χ4n) is 3.31. The van der Waals surface area contributed by atoms with E-state index in [0.717, 1.165) is 18.4 Å². The van der Waals surface area contributed by atoms with Crippen molar-refractivity contribution in [2.75, 3.05) is 33.3 Å². The smallest absolute Gasteiger partial charge is 0.401 e. The lowest BCUT2D eigenvalue weighted by Gasteiger charge is -2.20. The van der Waals surface area contributed by atoms with Crippen molar-refractivity contribution < 1.29 is 22.7 Å². The number of guanidine groups is 1. The van der Waals surface area contributed by atoms with Crippen LogP contribution in [0.4, 0.5) is 13.2 Å². The summed E-state index contributed by atoms with van der Waals surface area (Å²) in [6, 6.07) is 7.60. The Bertz CT molecular complexity index is 759. The number of benzene rings is 1. The van der Waals surface area contributed by atoms with Crippen LogP contribution < -0.4 is 20.7 Å². The average molecular weight is 555 g/mol. The van der Waals surface area contributed by atoms with Crippen LogP contribution in [0.3, 0.4) is 0 Å². The van der Waals surface area contributed by atoms with Crippen molar-refractivity contribution in [3.05, 3.63) is 29.8 Å². The molecular formula is C20H29F3IN5O2. The highest BCUT2D eigenvalue weighted by Crippen LogP contribution is 2.20. The average Bonchev–Trinajstić information content (AvgIpc) is 3.40. The molecule has 1 saturated carbocycles. The summed E-state index contributed by atoms with van der Waals surface area (Å²) in [6.07, 6.45) is -1.49. The first-order chi connectivity index (χ1) is 14.3. The summed E-state index contributed by atoms with van der Waals surface area (Å²) in [5.74, 6) is 1.01. The minimum Gasteiger partial charge on any atom is -0.484 e. The number of alkyl halides is 3. The number of likely N-dealkylation sites (tertiary alicyclic amines) is 1. The molecular weight excluding hydrogens is 526 g/mol. The quantitative estimate of drug-likeness (QED) is 0.261. The van der Waals surface area contributed by atoms with Gasteiger partial charge in [-0.2, -0.15) is 13.2 Å². The van der Waals surface area contributed by atoms with E-state index >= 15 is 0 Å². The molecule has 3 N–H and O–H groups in total. The molecule has 2 fully saturated rings.